The largest absolute Gasteiger partial charge is 0.456 e. The van der Waals surface area contributed by atoms with Crippen molar-refractivity contribution >= 4 is 23.3 Å². The number of para-hydroxylation sites is 1. The van der Waals surface area contributed by atoms with Crippen molar-refractivity contribution in [1.29, 1.82) is 5.26 Å². The first-order valence-electron chi connectivity index (χ1n) is 11.4. The Hall–Kier alpha value is -4.97. The molecule has 1 unspecified atom stereocenters. The molecule has 3 aromatic rings. The molecule has 0 saturated carbocycles. The number of carbonyl (C=O) groups is 2. The summed E-state index contributed by atoms with van der Waals surface area (Å²) < 4.78 is 33.0. The Bertz CT molecular complexity index is 1610. The summed E-state index contributed by atoms with van der Waals surface area (Å²) in [7, 11) is 0. The Balaban J connectivity index is 1.61. The van der Waals surface area contributed by atoms with Crippen LogP contribution in [0.25, 0.3) is 0 Å². The smallest absolute Gasteiger partial charge is 0.338 e. The first-order valence-corrected chi connectivity index (χ1v) is 11.4. The van der Waals surface area contributed by atoms with Gasteiger partial charge in [0.25, 0.3) is 0 Å². The molecule has 1 amide bonds. The molecular weight excluding hydrogens is 478 g/mol. The minimum Gasteiger partial charge on any atom is -0.456 e. The molecule has 182 valence electrons. The van der Waals surface area contributed by atoms with Crippen molar-refractivity contribution in [1.82, 2.24) is 0 Å². The summed E-state index contributed by atoms with van der Waals surface area (Å²) in [5, 5.41) is 10.4. The number of ether oxygens (including phenoxy) is 1. The third-order valence-corrected chi connectivity index (χ3v) is 6.94. The van der Waals surface area contributed by atoms with E-state index in [0.717, 1.165) is 0 Å². The molecule has 1 spiro atoms. The number of fused-ring (bicyclic) bond motifs is 3. The highest BCUT2D eigenvalue weighted by atomic mass is 19.1. The lowest BCUT2D eigenvalue weighted by Gasteiger charge is -2.38. The van der Waals surface area contributed by atoms with Gasteiger partial charge in [0.2, 0.25) is 5.91 Å². The molecule has 2 N–H and O–H groups in total. The number of anilines is 2. The molecular formula is C28H18F2N4O3. The van der Waals surface area contributed by atoms with Gasteiger partial charge in [0.15, 0.2) is 0 Å². The van der Waals surface area contributed by atoms with E-state index < -0.39 is 28.9 Å². The van der Waals surface area contributed by atoms with Crippen LogP contribution in [0.5, 0.6) is 0 Å². The fourth-order valence-electron chi connectivity index (χ4n) is 5.45. The van der Waals surface area contributed by atoms with Crippen LogP contribution < -0.4 is 15.5 Å². The van der Waals surface area contributed by atoms with Crippen molar-refractivity contribution in [2.45, 2.75) is 12.0 Å². The molecule has 0 aromatic heterocycles. The number of halogens is 2. The molecule has 3 aromatic carbocycles. The molecule has 0 fully saturated rings. The van der Waals surface area contributed by atoms with Crippen LogP contribution in [-0.4, -0.2) is 18.5 Å². The highest BCUT2D eigenvalue weighted by Crippen LogP contribution is 2.56. The van der Waals surface area contributed by atoms with E-state index in [2.05, 4.69) is 6.07 Å². The lowest BCUT2D eigenvalue weighted by molar-refractivity contribution is -0.137. The normalized spacial score (nSPS) is 20.4. The number of nitriles is 1. The van der Waals surface area contributed by atoms with Gasteiger partial charge in [0, 0.05) is 16.9 Å². The highest BCUT2D eigenvalue weighted by molar-refractivity contribution is 6.19. The second-order valence-corrected chi connectivity index (χ2v) is 8.87. The van der Waals surface area contributed by atoms with E-state index in [1.165, 1.54) is 46.2 Å². The number of hydrogen-bond acceptors (Lipinski definition) is 6. The molecule has 3 aliphatic heterocycles. The number of benzene rings is 3. The second kappa shape index (κ2) is 8.03. The van der Waals surface area contributed by atoms with Gasteiger partial charge in [-0.25, -0.2) is 13.6 Å². The van der Waals surface area contributed by atoms with Crippen LogP contribution in [0, 0.1) is 23.0 Å². The Morgan fingerprint density at radius 1 is 1.00 bits per heavy atom. The first kappa shape index (κ1) is 22.5. The first-order chi connectivity index (χ1) is 17.9. The maximum atomic E-state index is 14.4. The number of amides is 1. The fourth-order valence-corrected chi connectivity index (χ4v) is 5.45. The molecule has 9 heteroatoms. The Labute approximate surface area is 210 Å². The van der Waals surface area contributed by atoms with Gasteiger partial charge >= 0.3 is 5.97 Å². The number of nitrogens with zero attached hydrogens (tertiary/aromatic N) is 3. The van der Waals surface area contributed by atoms with Crippen LogP contribution in [0.3, 0.4) is 0 Å². The van der Waals surface area contributed by atoms with Crippen molar-refractivity contribution in [3.63, 3.8) is 0 Å². The number of cyclic esters (lactones) is 1. The van der Waals surface area contributed by atoms with E-state index in [-0.39, 0.29) is 30.1 Å². The van der Waals surface area contributed by atoms with Gasteiger partial charge in [-0.2, -0.15) is 5.26 Å². The zero-order valence-corrected chi connectivity index (χ0v) is 19.2. The summed E-state index contributed by atoms with van der Waals surface area (Å²) in [5.74, 6) is -2.31. The molecule has 0 aliphatic carbocycles. The van der Waals surface area contributed by atoms with Crippen molar-refractivity contribution in [2.24, 2.45) is 5.73 Å². The number of hydrogen-bond donors (Lipinski definition) is 1. The number of esters is 1. The van der Waals surface area contributed by atoms with Crippen molar-refractivity contribution in [3.8, 4) is 6.07 Å². The molecule has 3 aliphatic rings. The Morgan fingerprint density at radius 2 is 1.76 bits per heavy atom. The summed E-state index contributed by atoms with van der Waals surface area (Å²) in [4.78, 5) is 30.6. The predicted octanol–water partition coefficient (Wildman–Crippen LogP) is 3.77. The minimum atomic E-state index is -1.85. The van der Waals surface area contributed by atoms with E-state index in [9.17, 15) is 23.6 Å². The van der Waals surface area contributed by atoms with E-state index in [1.807, 2.05) is 0 Å². The van der Waals surface area contributed by atoms with Gasteiger partial charge in [0.05, 0.1) is 23.4 Å². The van der Waals surface area contributed by atoms with Gasteiger partial charge in [-0.05, 0) is 48.0 Å². The van der Waals surface area contributed by atoms with Crippen LogP contribution in [0.15, 0.2) is 95.5 Å². The van der Waals surface area contributed by atoms with Gasteiger partial charge in [-0.15, -0.1) is 0 Å². The van der Waals surface area contributed by atoms with E-state index in [4.69, 9.17) is 10.5 Å². The lowest BCUT2D eigenvalue weighted by Crippen LogP contribution is -2.50. The molecule has 0 bridgehead atoms. The predicted molar refractivity (Wildman–Crippen MR) is 129 cm³/mol. The van der Waals surface area contributed by atoms with Gasteiger partial charge in [0.1, 0.15) is 35.5 Å². The lowest BCUT2D eigenvalue weighted by atomic mass is 9.67. The summed E-state index contributed by atoms with van der Waals surface area (Å²) in [6.07, 6.45) is 0. The number of rotatable bonds is 3. The standard InChI is InChI=1S/C28H18F2N4O3/c29-17-8-10-19(11-9-17)34-23-15-37-26(35)24(23)28(21(13-31)25(34)32)20-6-1-2-7-22(20)33(27(28)36)14-16-4-3-5-18(30)12-16/h1-12H,14-15,32H2. The van der Waals surface area contributed by atoms with Crippen LogP contribution in [0.2, 0.25) is 0 Å². The quantitative estimate of drug-likeness (QED) is 0.554. The van der Waals surface area contributed by atoms with Crippen molar-refractivity contribution in [3.05, 3.63) is 118 Å². The third-order valence-electron chi connectivity index (χ3n) is 6.94. The average Bonchev–Trinajstić information content (AvgIpc) is 3.38. The maximum Gasteiger partial charge on any atom is 0.338 e. The molecule has 6 rings (SSSR count). The molecule has 37 heavy (non-hydrogen) atoms. The minimum absolute atomic E-state index is 0.00725. The van der Waals surface area contributed by atoms with E-state index >= 15 is 0 Å². The molecule has 3 heterocycles. The number of nitrogens with two attached hydrogens (primary N) is 1. The summed E-state index contributed by atoms with van der Waals surface area (Å²) in [5.41, 5.74) is 6.67. The number of carbonyl (C=O) groups excluding carboxylic acids is 2. The van der Waals surface area contributed by atoms with Crippen molar-refractivity contribution in [2.75, 3.05) is 16.4 Å². The SMILES string of the molecule is N#CC1=C(N)N(c2ccc(F)cc2)C2=C(C(=O)OC2)C12C(=O)N(Cc1cccc(F)c1)c1ccccc12. The Kier molecular flexibility index (Phi) is 4.88. The topological polar surface area (TPSA) is 99.7 Å². The maximum absolute atomic E-state index is 14.4. The van der Waals surface area contributed by atoms with E-state index in [1.54, 1.807) is 36.4 Å². The third kappa shape index (κ3) is 3.02. The van der Waals surface area contributed by atoms with Crippen LogP contribution >= 0.6 is 0 Å². The molecule has 0 saturated heterocycles. The van der Waals surface area contributed by atoms with Gasteiger partial charge in [-0.3, -0.25) is 9.69 Å². The highest BCUT2D eigenvalue weighted by Gasteiger charge is 2.63. The molecule has 1 atom stereocenters. The monoisotopic (exact) mass is 496 g/mol. The molecule has 0 radical (unpaired) electrons. The Morgan fingerprint density at radius 3 is 2.49 bits per heavy atom. The second-order valence-electron chi connectivity index (χ2n) is 8.87. The zero-order valence-electron chi connectivity index (χ0n) is 19.2. The summed E-state index contributed by atoms with van der Waals surface area (Å²) in [6.45, 7) is -0.181. The molecule has 7 nitrogen and oxygen atoms in total. The van der Waals surface area contributed by atoms with E-state index in [0.29, 0.717) is 28.2 Å². The fraction of sp³-hybridized carbons (Fsp3) is 0.107. The van der Waals surface area contributed by atoms with Gasteiger partial charge in [-0.1, -0.05) is 30.3 Å². The summed E-state index contributed by atoms with van der Waals surface area (Å²) in [6, 6.07) is 20.1. The average molecular weight is 496 g/mol. The zero-order chi connectivity index (χ0) is 25.9. The van der Waals surface area contributed by atoms with Gasteiger partial charge < -0.3 is 15.4 Å². The van der Waals surface area contributed by atoms with Crippen LogP contribution in [-0.2, 0) is 26.3 Å². The summed E-state index contributed by atoms with van der Waals surface area (Å²) >= 11 is 0. The van der Waals surface area contributed by atoms with Crippen molar-refractivity contribution < 1.29 is 23.1 Å². The van der Waals surface area contributed by atoms with Crippen LogP contribution in [0.4, 0.5) is 20.2 Å². The van der Waals surface area contributed by atoms with Crippen LogP contribution in [0.1, 0.15) is 11.1 Å².